The Bertz CT molecular complexity index is 750. The molecule has 7 nitrogen and oxygen atoms in total. The van der Waals surface area contributed by atoms with Crippen molar-refractivity contribution in [2.75, 3.05) is 20.6 Å². The van der Waals surface area contributed by atoms with Gasteiger partial charge in [-0.15, -0.1) is 0 Å². The van der Waals surface area contributed by atoms with Gasteiger partial charge in [-0.2, -0.15) is 0 Å². The van der Waals surface area contributed by atoms with Gasteiger partial charge in [0, 0.05) is 14.1 Å². The van der Waals surface area contributed by atoms with E-state index in [0.29, 0.717) is 0 Å². The summed E-state index contributed by atoms with van der Waals surface area (Å²) in [6.45, 7) is -0.184. The van der Waals surface area contributed by atoms with Gasteiger partial charge < -0.3 is 19.4 Å². The molecule has 9 heteroatoms. The van der Waals surface area contributed by atoms with Gasteiger partial charge in [0.15, 0.2) is 12.3 Å². The second-order valence-electron chi connectivity index (χ2n) is 4.82. The van der Waals surface area contributed by atoms with E-state index in [1.807, 2.05) is 0 Å². The van der Waals surface area contributed by atoms with Crippen LogP contribution in [-0.4, -0.2) is 42.3 Å². The highest BCUT2D eigenvalue weighted by Gasteiger charge is 2.18. The Morgan fingerprint density at radius 3 is 2.88 bits per heavy atom. The number of benzene rings is 1. The molecule has 1 N–H and O–H groups in total. The minimum absolute atomic E-state index is 0.0465. The molecule has 2 rings (SSSR count). The van der Waals surface area contributed by atoms with E-state index in [1.165, 1.54) is 37.4 Å². The maximum Gasteiger partial charge on any atom is 0.276 e. The standard InChI is InChI=1S/C15H15ClFN3O4/c1-18-13(21)6-20(2)15(22)11-7-24-14(19-11)8-23-12-4-3-9(17)5-10(12)16/h3-5,7H,6,8H2,1-2H3,(H,18,21). The number of halogens is 2. The van der Waals surface area contributed by atoms with Crippen LogP contribution in [0.5, 0.6) is 5.75 Å². The SMILES string of the molecule is CNC(=O)CN(C)C(=O)c1coc(COc2ccc(F)cc2Cl)n1. The molecule has 0 saturated heterocycles. The summed E-state index contributed by atoms with van der Waals surface area (Å²) in [7, 11) is 2.95. The van der Waals surface area contributed by atoms with Crippen molar-refractivity contribution in [3.05, 3.63) is 46.9 Å². The van der Waals surface area contributed by atoms with Crippen molar-refractivity contribution in [2.45, 2.75) is 6.61 Å². The van der Waals surface area contributed by atoms with Gasteiger partial charge in [-0.25, -0.2) is 9.37 Å². The number of amides is 2. The van der Waals surface area contributed by atoms with E-state index in [1.54, 1.807) is 0 Å². The summed E-state index contributed by atoms with van der Waals surface area (Å²) in [6.07, 6.45) is 1.17. The molecule has 1 aromatic heterocycles. The van der Waals surface area contributed by atoms with Crippen molar-refractivity contribution < 1.29 is 23.1 Å². The summed E-state index contributed by atoms with van der Waals surface area (Å²) in [5, 5.41) is 2.53. The first-order valence-electron chi connectivity index (χ1n) is 6.89. The smallest absolute Gasteiger partial charge is 0.276 e. The normalized spacial score (nSPS) is 10.3. The predicted octanol–water partition coefficient (Wildman–Crippen LogP) is 1.86. The van der Waals surface area contributed by atoms with E-state index in [-0.39, 0.29) is 41.4 Å². The second kappa shape index (κ2) is 7.78. The summed E-state index contributed by atoms with van der Waals surface area (Å²) in [4.78, 5) is 28.6. The topological polar surface area (TPSA) is 84.7 Å². The number of hydrogen-bond donors (Lipinski definition) is 1. The van der Waals surface area contributed by atoms with Crippen molar-refractivity contribution in [3.8, 4) is 5.75 Å². The zero-order valence-electron chi connectivity index (χ0n) is 13.0. The Kier molecular flexibility index (Phi) is 5.75. The molecule has 128 valence electrons. The van der Waals surface area contributed by atoms with Crippen molar-refractivity contribution >= 4 is 23.4 Å². The van der Waals surface area contributed by atoms with Gasteiger partial charge >= 0.3 is 0 Å². The molecule has 2 aromatic rings. The van der Waals surface area contributed by atoms with Crippen LogP contribution in [-0.2, 0) is 11.4 Å². The lowest BCUT2D eigenvalue weighted by Crippen LogP contribution is -2.37. The summed E-state index contributed by atoms with van der Waals surface area (Å²) in [6, 6.07) is 3.71. The monoisotopic (exact) mass is 355 g/mol. The average molecular weight is 356 g/mol. The number of aromatic nitrogens is 1. The van der Waals surface area contributed by atoms with E-state index in [0.717, 1.165) is 6.07 Å². The van der Waals surface area contributed by atoms with E-state index in [9.17, 15) is 14.0 Å². The second-order valence-corrected chi connectivity index (χ2v) is 5.23. The highest BCUT2D eigenvalue weighted by molar-refractivity contribution is 6.32. The molecular weight excluding hydrogens is 341 g/mol. The Morgan fingerprint density at radius 1 is 1.46 bits per heavy atom. The zero-order chi connectivity index (χ0) is 17.7. The van der Waals surface area contributed by atoms with Gasteiger partial charge in [0.25, 0.3) is 5.91 Å². The molecule has 0 spiro atoms. The molecule has 0 aliphatic carbocycles. The van der Waals surface area contributed by atoms with Gasteiger partial charge in [-0.1, -0.05) is 11.6 Å². The number of hydrogen-bond acceptors (Lipinski definition) is 5. The molecule has 1 aromatic carbocycles. The van der Waals surface area contributed by atoms with Gasteiger partial charge in [0.2, 0.25) is 11.8 Å². The first-order chi connectivity index (χ1) is 11.4. The molecule has 0 radical (unpaired) electrons. The highest BCUT2D eigenvalue weighted by Crippen LogP contribution is 2.25. The van der Waals surface area contributed by atoms with Crippen molar-refractivity contribution in [1.82, 2.24) is 15.2 Å². The summed E-state index contributed by atoms with van der Waals surface area (Å²) in [5.74, 6) is -0.833. The Morgan fingerprint density at radius 2 is 2.21 bits per heavy atom. The number of carbonyl (C=O) groups is 2. The fourth-order valence-electron chi connectivity index (χ4n) is 1.77. The van der Waals surface area contributed by atoms with Crippen LogP contribution in [0, 0.1) is 5.82 Å². The fourth-order valence-corrected chi connectivity index (χ4v) is 1.99. The van der Waals surface area contributed by atoms with E-state index in [2.05, 4.69) is 10.3 Å². The lowest BCUT2D eigenvalue weighted by Gasteiger charge is -2.13. The minimum Gasteiger partial charge on any atom is -0.482 e. The van der Waals surface area contributed by atoms with Crippen LogP contribution in [0.15, 0.2) is 28.9 Å². The molecule has 0 aliphatic heterocycles. The van der Waals surface area contributed by atoms with E-state index in [4.69, 9.17) is 20.8 Å². The molecule has 0 bridgehead atoms. The molecule has 0 fully saturated rings. The molecule has 0 unspecified atom stereocenters. The summed E-state index contributed by atoms with van der Waals surface area (Å²) >= 11 is 5.84. The van der Waals surface area contributed by atoms with E-state index >= 15 is 0 Å². The van der Waals surface area contributed by atoms with Gasteiger partial charge in [0.05, 0.1) is 11.6 Å². The number of carbonyl (C=O) groups excluding carboxylic acids is 2. The maximum atomic E-state index is 13.0. The first-order valence-corrected chi connectivity index (χ1v) is 7.26. The largest absolute Gasteiger partial charge is 0.482 e. The van der Waals surface area contributed by atoms with Crippen molar-refractivity contribution in [1.29, 1.82) is 0 Å². The number of ether oxygens (including phenoxy) is 1. The van der Waals surface area contributed by atoms with Crippen LogP contribution in [0.1, 0.15) is 16.4 Å². The molecule has 24 heavy (non-hydrogen) atoms. The van der Waals surface area contributed by atoms with Gasteiger partial charge in [-0.05, 0) is 18.2 Å². The highest BCUT2D eigenvalue weighted by atomic mass is 35.5. The number of likely N-dealkylation sites (N-methyl/N-ethyl adjacent to an activating group) is 2. The van der Waals surface area contributed by atoms with Crippen molar-refractivity contribution in [3.63, 3.8) is 0 Å². The third-order valence-corrected chi connectivity index (χ3v) is 3.32. The Hall–Kier alpha value is -2.61. The summed E-state index contributed by atoms with van der Waals surface area (Å²) in [5.41, 5.74) is 0.0465. The molecular formula is C15H15ClFN3O4. The third kappa shape index (κ3) is 4.45. The first kappa shape index (κ1) is 17.7. The zero-order valence-corrected chi connectivity index (χ0v) is 13.8. The van der Waals surface area contributed by atoms with Crippen LogP contribution in [0.25, 0.3) is 0 Å². The summed E-state index contributed by atoms with van der Waals surface area (Å²) < 4.78 is 23.5. The van der Waals surface area contributed by atoms with Gasteiger partial charge in [-0.3, -0.25) is 9.59 Å². The van der Waals surface area contributed by atoms with Crippen molar-refractivity contribution in [2.24, 2.45) is 0 Å². The Labute approximate surface area is 142 Å². The Balaban J connectivity index is 1.97. The number of oxazole rings is 1. The number of nitrogens with zero attached hydrogens (tertiary/aromatic N) is 2. The quantitative estimate of drug-likeness (QED) is 0.855. The van der Waals surface area contributed by atoms with Gasteiger partial charge in [0.1, 0.15) is 17.8 Å². The van der Waals surface area contributed by atoms with Crippen LogP contribution >= 0.6 is 11.6 Å². The van der Waals surface area contributed by atoms with Crippen LogP contribution in [0.3, 0.4) is 0 Å². The van der Waals surface area contributed by atoms with Crippen LogP contribution in [0.2, 0.25) is 5.02 Å². The van der Waals surface area contributed by atoms with Crippen LogP contribution in [0.4, 0.5) is 4.39 Å². The average Bonchev–Trinajstić information content (AvgIpc) is 3.02. The molecule has 0 saturated carbocycles. The lowest BCUT2D eigenvalue weighted by molar-refractivity contribution is -0.121. The lowest BCUT2D eigenvalue weighted by atomic mass is 10.3. The fraction of sp³-hybridized carbons (Fsp3) is 0.267. The molecule has 2 amide bonds. The third-order valence-electron chi connectivity index (χ3n) is 3.02. The van der Waals surface area contributed by atoms with Crippen LogP contribution < -0.4 is 10.1 Å². The maximum absolute atomic E-state index is 13.0. The molecule has 0 aliphatic rings. The molecule has 0 atom stereocenters. The van der Waals surface area contributed by atoms with E-state index < -0.39 is 11.7 Å². The number of rotatable bonds is 6. The number of nitrogens with one attached hydrogen (secondary N) is 1. The predicted molar refractivity (Wildman–Crippen MR) is 83.3 cm³/mol. The molecule has 1 heterocycles. The minimum atomic E-state index is -0.476.